The largest absolute Gasteiger partial charge is 0.309 e. The molecule has 5 aromatic rings. The van der Waals surface area contributed by atoms with Crippen LogP contribution in [0.5, 0.6) is 0 Å². The van der Waals surface area contributed by atoms with Crippen LogP contribution in [-0.4, -0.2) is 19.5 Å². The molecule has 5 rings (SSSR count). The molecular weight excluding hydrogens is 479 g/mol. The molecule has 0 atom stereocenters. The van der Waals surface area contributed by atoms with Crippen LogP contribution in [0.3, 0.4) is 0 Å². The Morgan fingerprint density at radius 3 is 2.48 bits per heavy atom. The molecule has 0 spiro atoms. The second kappa shape index (κ2) is 8.67. The van der Waals surface area contributed by atoms with E-state index >= 15 is 0 Å². The first-order chi connectivity index (χ1) is 15.9. The van der Waals surface area contributed by atoms with Crippen molar-refractivity contribution < 1.29 is 0 Å². The molecule has 33 heavy (non-hydrogen) atoms. The normalized spacial score (nSPS) is 11.4. The molecular formula is C24H16Cl2N4O2S. The Balaban J connectivity index is 1.63. The number of aromatic amines is 1. The van der Waals surface area contributed by atoms with Gasteiger partial charge in [-0.05, 0) is 61.0 Å². The maximum absolute atomic E-state index is 13.4. The highest BCUT2D eigenvalue weighted by Gasteiger charge is 2.15. The van der Waals surface area contributed by atoms with Crippen molar-refractivity contribution in [1.29, 1.82) is 0 Å². The molecule has 0 radical (unpaired) electrons. The van der Waals surface area contributed by atoms with E-state index in [1.54, 1.807) is 48.5 Å². The van der Waals surface area contributed by atoms with Crippen molar-refractivity contribution in [3.63, 3.8) is 0 Å². The van der Waals surface area contributed by atoms with Crippen LogP contribution in [0.15, 0.2) is 75.4 Å². The van der Waals surface area contributed by atoms with E-state index in [1.165, 1.54) is 16.3 Å². The van der Waals surface area contributed by atoms with Crippen molar-refractivity contribution in [3.05, 3.63) is 103 Å². The van der Waals surface area contributed by atoms with Gasteiger partial charge in [0, 0.05) is 10.0 Å². The zero-order valence-electron chi connectivity index (χ0n) is 17.3. The molecule has 0 fully saturated rings. The van der Waals surface area contributed by atoms with Gasteiger partial charge in [-0.3, -0.25) is 14.2 Å². The molecule has 0 amide bonds. The Bertz CT molecular complexity index is 1650. The number of para-hydroxylation sites is 1. The minimum absolute atomic E-state index is 0.201. The monoisotopic (exact) mass is 494 g/mol. The van der Waals surface area contributed by atoms with E-state index < -0.39 is 0 Å². The van der Waals surface area contributed by atoms with Gasteiger partial charge in [-0.15, -0.1) is 0 Å². The number of nitrogens with zero attached hydrogens (tertiary/aromatic N) is 3. The number of rotatable bonds is 4. The first kappa shape index (κ1) is 21.7. The van der Waals surface area contributed by atoms with Gasteiger partial charge < -0.3 is 4.98 Å². The number of hydrogen-bond acceptors (Lipinski definition) is 5. The lowest BCUT2D eigenvalue weighted by molar-refractivity contribution is 0.818. The number of hydrogen-bond donors (Lipinski definition) is 1. The first-order valence-corrected chi connectivity index (χ1v) is 11.7. The Labute approximate surface area is 202 Å². The van der Waals surface area contributed by atoms with Crippen LogP contribution in [0.1, 0.15) is 11.4 Å². The fourth-order valence-corrected chi connectivity index (χ4v) is 4.78. The minimum Gasteiger partial charge on any atom is -0.309 e. The van der Waals surface area contributed by atoms with Gasteiger partial charge in [-0.1, -0.05) is 47.1 Å². The Hall–Kier alpha value is -3.13. The number of fused-ring (bicyclic) bond motifs is 2. The molecule has 1 N–H and O–H groups in total. The predicted molar refractivity (Wildman–Crippen MR) is 134 cm³/mol. The molecule has 6 nitrogen and oxygen atoms in total. The lowest BCUT2D eigenvalue weighted by Crippen LogP contribution is -2.22. The molecule has 0 aliphatic rings. The number of thioether (sulfide) groups is 1. The van der Waals surface area contributed by atoms with E-state index in [-0.39, 0.29) is 11.1 Å². The molecule has 164 valence electrons. The summed E-state index contributed by atoms with van der Waals surface area (Å²) in [4.78, 5) is 38.1. The minimum atomic E-state index is -0.225. The summed E-state index contributed by atoms with van der Waals surface area (Å²) in [6, 6.07) is 17.4. The van der Waals surface area contributed by atoms with Crippen LogP contribution in [0.2, 0.25) is 10.0 Å². The highest BCUT2D eigenvalue weighted by molar-refractivity contribution is 7.98. The summed E-state index contributed by atoms with van der Waals surface area (Å²) < 4.78 is 1.53. The number of nitrogens with one attached hydrogen (secondary N) is 1. The van der Waals surface area contributed by atoms with E-state index in [1.807, 2.05) is 19.1 Å². The molecule has 0 bridgehead atoms. The molecule has 2 heterocycles. The summed E-state index contributed by atoms with van der Waals surface area (Å²) >= 11 is 13.5. The summed E-state index contributed by atoms with van der Waals surface area (Å²) in [5.41, 5.74) is 2.28. The average molecular weight is 495 g/mol. The first-order valence-electron chi connectivity index (χ1n) is 10.0. The standard InChI is InChI=1S/C24H16Cl2N4O2S/c1-13-3-2-4-18-21(13)28-20(29-22(18)31)12-33-24-27-19-11-15(26)7-10-17(19)23(32)30(24)16-8-5-14(25)6-9-16/h2-11H,12H2,1H3,(H,28,29,31). The topological polar surface area (TPSA) is 80.6 Å². The Kier molecular flexibility index (Phi) is 5.70. The second-order valence-electron chi connectivity index (χ2n) is 7.45. The van der Waals surface area contributed by atoms with E-state index in [0.29, 0.717) is 54.3 Å². The summed E-state index contributed by atoms with van der Waals surface area (Å²) in [6.07, 6.45) is 0. The highest BCUT2D eigenvalue weighted by atomic mass is 35.5. The summed E-state index contributed by atoms with van der Waals surface area (Å²) in [5.74, 6) is 0.806. The molecule has 0 aliphatic heterocycles. The van der Waals surface area contributed by atoms with Gasteiger partial charge in [0.2, 0.25) is 0 Å². The van der Waals surface area contributed by atoms with Crippen molar-refractivity contribution in [2.75, 3.05) is 0 Å². The average Bonchev–Trinajstić information content (AvgIpc) is 2.79. The summed E-state index contributed by atoms with van der Waals surface area (Å²) in [7, 11) is 0. The van der Waals surface area contributed by atoms with Crippen molar-refractivity contribution in [3.8, 4) is 5.69 Å². The number of aromatic nitrogens is 4. The lowest BCUT2D eigenvalue weighted by atomic mass is 10.1. The number of halogens is 2. The van der Waals surface area contributed by atoms with Crippen LogP contribution in [0.4, 0.5) is 0 Å². The zero-order chi connectivity index (χ0) is 23.1. The van der Waals surface area contributed by atoms with Crippen molar-refractivity contribution in [2.24, 2.45) is 0 Å². The van der Waals surface area contributed by atoms with Crippen LogP contribution >= 0.6 is 35.0 Å². The number of aryl methyl sites for hydroxylation is 1. The third-order valence-corrected chi connectivity index (χ3v) is 6.65. The second-order valence-corrected chi connectivity index (χ2v) is 9.26. The van der Waals surface area contributed by atoms with Crippen molar-refractivity contribution >= 4 is 56.8 Å². The Morgan fingerprint density at radius 1 is 0.939 bits per heavy atom. The highest BCUT2D eigenvalue weighted by Crippen LogP contribution is 2.26. The SMILES string of the molecule is Cc1cccc2c(=O)[nH]c(CSc3nc4cc(Cl)ccc4c(=O)n3-c3ccc(Cl)cc3)nc12. The molecule has 2 aromatic heterocycles. The van der Waals surface area contributed by atoms with Gasteiger partial charge >= 0.3 is 0 Å². The van der Waals surface area contributed by atoms with E-state index in [4.69, 9.17) is 28.2 Å². The van der Waals surface area contributed by atoms with Crippen molar-refractivity contribution in [1.82, 2.24) is 19.5 Å². The molecule has 0 aliphatic carbocycles. The molecule has 9 heteroatoms. The van der Waals surface area contributed by atoms with Crippen LogP contribution in [0, 0.1) is 6.92 Å². The molecule has 0 saturated heterocycles. The number of H-pyrrole nitrogens is 1. The fraction of sp³-hybridized carbons (Fsp3) is 0.0833. The molecule has 0 saturated carbocycles. The van der Waals surface area contributed by atoms with Gasteiger partial charge in [0.05, 0.1) is 33.2 Å². The summed E-state index contributed by atoms with van der Waals surface area (Å²) in [5, 5.41) is 2.50. The van der Waals surface area contributed by atoms with E-state index in [0.717, 1.165) is 5.56 Å². The summed E-state index contributed by atoms with van der Waals surface area (Å²) in [6.45, 7) is 1.92. The van der Waals surface area contributed by atoms with Crippen molar-refractivity contribution in [2.45, 2.75) is 17.8 Å². The third-order valence-electron chi connectivity index (χ3n) is 5.21. The third kappa shape index (κ3) is 4.15. The van der Waals surface area contributed by atoms with Crippen LogP contribution in [0.25, 0.3) is 27.5 Å². The maximum atomic E-state index is 13.4. The van der Waals surface area contributed by atoms with Gasteiger partial charge in [-0.25, -0.2) is 9.97 Å². The van der Waals surface area contributed by atoms with Gasteiger partial charge in [0.25, 0.3) is 11.1 Å². The van der Waals surface area contributed by atoms with Gasteiger partial charge in [-0.2, -0.15) is 0 Å². The lowest BCUT2D eigenvalue weighted by Gasteiger charge is -2.13. The fourth-order valence-electron chi connectivity index (χ4n) is 3.61. The van der Waals surface area contributed by atoms with Gasteiger partial charge in [0.1, 0.15) is 5.82 Å². The predicted octanol–water partition coefficient (Wildman–Crippen LogP) is 5.53. The van der Waals surface area contributed by atoms with E-state index in [9.17, 15) is 9.59 Å². The Morgan fingerprint density at radius 2 is 1.70 bits per heavy atom. The van der Waals surface area contributed by atoms with Crippen LogP contribution in [-0.2, 0) is 5.75 Å². The smallest absolute Gasteiger partial charge is 0.266 e. The quantitative estimate of drug-likeness (QED) is 0.262. The zero-order valence-corrected chi connectivity index (χ0v) is 19.6. The van der Waals surface area contributed by atoms with Crippen LogP contribution < -0.4 is 11.1 Å². The van der Waals surface area contributed by atoms with E-state index in [2.05, 4.69) is 9.97 Å². The number of benzene rings is 3. The molecule has 3 aromatic carbocycles. The maximum Gasteiger partial charge on any atom is 0.266 e. The molecule has 0 unspecified atom stereocenters. The van der Waals surface area contributed by atoms with Gasteiger partial charge in [0.15, 0.2) is 5.16 Å².